The Labute approximate surface area is 152 Å². The van der Waals surface area contributed by atoms with Gasteiger partial charge >= 0.3 is 6.03 Å². The minimum absolute atomic E-state index is 0.197. The molecule has 3 N–H and O–H groups in total. The Morgan fingerprint density at radius 2 is 2.04 bits per heavy atom. The smallest absolute Gasteiger partial charge is 0.321 e. The van der Waals surface area contributed by atoms with Gasteiger partial charge in [-0.1, -0.05) is 17.7 Å². The predicted octanol–water partition coefficient (Wildman–Crippen LogP) is 2.55. The zero-order chi connectivity index (χ0) is 18.2. The number of carbonyl (C=O) groups is 1. The van der Waals surface area contributed by atoms with Gasteiger partial charge in [-0.15, -0.1) is 0 Å². The molecule has 0 saturated carbocycles. The third-order valence-corrected chi connectivity index (χ3v) is 5.90. The fourth-order valence-electron chi connectivity index (χ4n) is 3.69. The monoisotopic (exact) mass is 368 g/mol. The average Bonchev–Trinajstić information content (AvgIpc) is 2.57. The molecule has 2 aliphatic heterocycles. The fourth-order valence-corrected chi connectivity index (χ4v) is 3.86. The van der Waals surface area contributed by atoms with E-state index >= 15 is 0 Å². The number of hydrogen-bond acceptors (Lipinski definition) is 4. The summed E-state index contributed by atoms with van der Waals surface area (Å²) in [4.78, 5) is 14.2. The van der Waals surface area contributed by atoms with E-state index in [2.05, 4.69) is 5.32 Å². The van der Waals surface area contributed by atoms with Crippen LogP contribution < -0.4 is 5.32 Å². The van der Waals surface area contributed by atoms with Crippen LogP contribution in [-0.2, 0) is 4.74 Å². The summed E-state index contributed by atoms with van der Waals surface area (Å²) in [7, 11) is 0. The van der Waals surface area contributed by atoms with Crippen LogP contribution in [0.5, 0.6) is 0 Å². The van der Waals surface area contributed by atoms with Crippen LogP contribution in [0.25, 0.3) is 0 Å². The molecule has 0 radical (unpaired) electrons. The molecule has 1 aromatic carbocycles. The number of rotatable bonds is 1. The number of likely N-dealkylation sites (tertiary alicyclic amines) is 1. The maximum atomic E-state index is 12.5. The van der Waals surface area contributed by atoms with E-state index in [9.17, 15) is 15.0 Å². The molecular weight excluding hydrogens is 344 g/mol. The molecule has 25 heavy (non-hydrogen) atoms. The molecule has 2 amide bonds. The summed E-state index contributed by atoms with van der Waals surface area (Å²) >= 11 is 6.09. The van der Waals surface area contributed by atoms with E-state index in [-0.39, 0.29) is 6.03 Å². The van der Waals surface area contributed by atoms with E-state index < -0.39 is 17.3 Å². The van der Waals surface area contributed by atoms with Gasteiger partial charge < -0.3 is 25.2 Å². The molecule has 2 aliphatic rings. The predicted molar refractivity (Wildman–Crippen MR) is 95.9 cm³/mol. The second-order valence-corrected chi connectivity index (χ2v) is 7.66. The molecule has 7 heteroatoms. The normalized spacial score (nSPS) is 28.8. The number of ether oxygens (including phenoxy) is 1. The van der Waals surface area contributed by atoms with Gasteiger partial charge in [0.2, 0.25) is 0 Å². The molecular formula is C18H25ClN2O4. The summed E-state index contributed by atoms with van der Waals surface area (Å²) in [6.45, 7) is 4.83. The van der Waals surface area contributed by atoms with Gasteiger partial charge in [-0.05, 0) is 44.4 Å². The number of hydrogen-bond donors (Lipinski definition) is 3. The van der Waals surface area contributed by atoms with Crippen LogP contribution >= 0.6 is 11.6 Å². The number of benzene rings is 1. The number of urea groups is 1. The molecule has 0 bridgehead atoms. The largest absolute Gasteiger partial charge is 0.387 e. The van der Waals surface area contributed by atoms with Gasteiger partial charge in [-0.3, -0.25) is 0 Å². The molecule has 138 valence electrons. The van der Waals surface area contributed by atoms with Crippen LogP contribution in [0, 0.1) is 6.92 Å². The summed E-state index contributed by atoms with van der Waals surface area (Å²) in [6, 6.07) is 5.20. The summed E-state index contributed by atoms with van der Waals surface area (Å²) in [5.74, 6) is 0. The Kier molecular flexibility index (Phi) is 4.99. The van der Waals surface area contributed by atoms with Crippen molar-refractivity contribution in [2.45, 2.75) is 50.4 Å². The van der Waals surface area contributed by atoms with Gasteiger partial charge in [0.1, 0.15) is 11.7 Å². The lowest BCUT2D eigenvalue weighted by Crippen LogP contribution is -2.64. The van der Waals surface area contributed by atoms with Gasteiger partial charge in [-0.25, -0.2) is 4.79 Å². The van der Waals surface area contributed by atoms with Gasteiger partial charge in [-0.2, -0.15) is 0 Å². The number of aliphatic hydroxyl groups is 2. The number of anilines is 1. The van der Waals surface area contributed by atoms with E-state index in [1.165, 1.54) is 0 Å². The lowest BCUT2D eigenvalue weighted by Gasteiger charge is -2.51. The Bertz CT molecular complexity index is 656. The van der Waals surface area contributed by atoms with Crippen molar-refractivity contribution in [3.8, 4) is 0 Å². The lowest BCUT2D eigenvalue weighted by molar-refractivity contribution is -0.244. The second kappa shape index (κ2) is 6.76. The van der Waals surface area contributed by atoms with Crippen molar-refractivity contribution in [3.63, 3.8) is 0 Å². The highest BCUT2D eigenvalue weighted by molar-refractivity contribution is 6.31. The first-order valence-electron chi connectivity index (χ1n) is 8.61. The van der Waals surface area contributed by atoms with Crippen LogP contribution in [0.15, 0.2) is 18.2 Å². The summed E-state index contributed by atoms with van der Waals surface area (Å²) in [5.41, 5.74) is -0.409. The molecule has 2 heterocycles. The van der Waals surface area contributed by atoms with Crippen molar-refractivity contribution in [2.75, 3.05) is 25.0 Å². The van der Waals surface area contributed by atoms with Gasteiger partial charge in [0.25, 0.3) is 0 Å². The van der Waals surface area contributed by atoms with Crippen molar-refractivity contribution in [1.29, 1.82) is 0 Å². The molecule has 0 unspecified atom stereocenters. The summed E-state index contributed by atoms with van der Waals surface area (Å²) in [5, 5.41) is 24.4. The number of carbonyl (C=O) groups excluding carboxylic acids is 1. The Balaban J connectivity index is 1.64. The standard InChI is InChI=1S/C18H25ClN2O4/c1-12-13(19)4-3-5-14(12)20-16(23)21-9-6-18(7-10-21)15(22)17(2,24)8-11-25-18/h3-5,15,22,24H,6-11H2,1-2H3,(H,20,23)/t15-,17+/m0/s1. The van der Waals surface area contributed by atoms with Gasteiger partial charge in [0.15, 0.2) is 0 Å². The number of nitrogens with zero attached hydrogens (tertiary/aromatic N) is 1. The van der Waals surface area contributed by atoms with Crippen LogP contribution in [0.4, 0.5) is 10.5 Å². The molecule has 3 rings (SSSR count). The molecule has 2 atom stereocenters. The highest BCUT2D eigenvalue weighted by atomic mass is 35.5. The van der Waals surface area contributed by atoms with E-state index in [0.717, 1.165) is 5.56 Å². The van der Waals surface area contributed by atoms with E-state index in [1.54, 1.807) is 24.0 Å². The van der Waals surface area contributed by atoms with E-state index in [4.69, 9.17) is 16.3 Å². The molecule has 1 aromatic rings. The average molecular weight is 369 g/mol. The maximum Gasteiger partial charge on any atom is 0.321 e. The van der Waals surface area contributed by atoms with Crippen molar-refractivity contribution in [1.82, 2.24) is 4.90 Å². The fraction of sp³-hybridized carbons (Fsp3) is 0.611. The Morgan fingerprint density at radius 3 is 2.72 bits per heavy atom. The number of amides is 2. The third-order valence-electron chi connectivity index (χ3n) is 5.49. The minimum Gasteiger partial charge on any atom is -0.387 e. The molecule has 1 spiro atoms. The first-order chi connectivity index (χ1) is 11.8. The summed E-state index contributed by atoms with van der Waals surface area (Å²) in [6.07, 6.45) is 0.446. The first-order valence-corrected chi connectivity index (χ1v) is 8.98. The van der Waals surface area contributed by atoms with Crippen molar-refractivity contribution < 1.29 is 19.7 Å². The number of piperidine rings is 1. The van der Waals surface area contributed by atoms with Crippen molar-refractivity contribution >= 4 is 23.3 Å². The second-order valence-electron chi connectivity index (χ2n) is 7.25. The molecule has 2 saturated heterocycles. The SMILES string of the molecule is Cc1c(Cl)cccc1NC(=O)N1CCC2(CC1)OCC[C@@](C)(O)[C@@H]2O. The Hall–Kier alpha value is -1.34. The zero-order valence-corrected chi connectivity index (χ0v) is 15.3. The number of nitrogens with one attached hydrogen (secondary N) is 1. The topological polar surface area (TPSA) is 82.0 Å². The quantitative estimate of drug-likeness (QED) is 0.711. The van der Waals surface area contributed by atoms with Crippen molar-refractivity contribution in [3.05, 3.63) is 28.8 Å². The van der Waals surface area contributed by atoms with Gasteiger partial charge in [0.05, 0.1) is 12.2 Å². The lowest BCUT2D eigenvalue weighted by atomic mass is 9.75. The molecule has 0 aliphatic carbocycles. The molecule has 6 nitrogen and oxygen atoms in total. The van der Waals surface area contributed by atoms with Gasteiger partial charge in [0, 0.05) is 30.2 Å². The number of aliphatic hydroxyl groups excluding tert-OH is 1. The highest BCUT2D eigenvalue weighted by Crippen LogP contribution is 2.39. The van der Waals surface area contributed by atoms with E-state index in [0.29, 0.717) is 49.7 Å². The molecule has 0 aromatic heterocycles. The van der Waals surface area contributed by atoms with Crippen LogP contribution in [-0.4, -0.2) is 58.1 Å². The van der Waals surface area contributed by atoms with Crippen molar-refractivity contribution in [2.24, 2.45) is 0 Å². The molecule has 2 fully saturated rings. The van der Waals surface area contributed by atoms with Crippen LogP contribution in [0.2, 0.25) is 5.02 Å². The summed E-state index contributed by atoms with van der Waals surface area (Å²) < 4.78 is 5.85. The first kappa shape index (κ1) is 18.5. The zero-order valence-electron chi connectivity index (χ0n) is 14.6. The van der Waals surface area contributed by atoms with Crippen LogP contribution in [0.3, 0.4) is 0 Å². The highest BCUT2D eigenvalue weighted by Gasteiger charge is 2.52. The van der Waals surface area contributed by atoms with Crippen LogP contribution in [0.1, 0.15) is 31.7 Å². The van der Waals surface area contributed by atoms with E-state index in [1.807, 2.05) is 13.0 Å². The third kappa shape index (κ3) is 3.49. The maximum absolute atomic E-state index is 12.5. The Morgan fingerprint density at radius 1 is 1.36 bits per heavy atom. The minimum atomic E-state index is -1.15. The number of halogens is 1.